The van der Waals surface area contributed by atoms with E-state index in [1.54, 1.807) is 18.2 Å². The van der Waals surface area contributed by atoms with Crippen LogP contribution in [0, 0.1) is 0 Å². The second-order valence-corrected chi connectivity index (χ2v) is 8.97. The van der Waals surface area contributed by atoms with Gasteiger partial charge in [-0.2, -0.15) is 0 Å². The third-order valence-corrected chi connectivity index (χ3v) is 6.66. The minimum absolute atomic E-state index is 0.000654. The third-order valence-electron chi connectivity index (χ3n) is 6.66. The number of amides is 3. The van der Waals surface area contributed by atoms with E-state index in [1.165, 1.54) is 4.90 Å². The van der Waals surface area contributed by atoms with Gasteiger partial charge in [-0.1, -0.05) is 42.5 Å². The minimum atomic E-state index is -0.248. The highest BCUT2D eigenvalue weighted by Gasteiger charge is 2.27. The predicted octanol–water partition coefficient (Wildman–Crippen LogP) is 2.85. The molecule has 1 fully saturated rings. The molecule has 0 spiro atoms. The summed E-state index contributed by atoms with van der Waals surface area (Å²) in [7, 11) is 0. The summed E-state index contributed by atoms with van der Waals surface area (Å²) in [5, 5.41) is 5.90. The Morgan fingerprint density at radius 2 is 1.62 bits per heavy atom. The molecule has 1 unspecified atom stereocenters. The highest BCUT2D eigenvalue weighted by atomic mass is 16.2. The first-order valence-electron chi connectivity index (χ1n) is 12.1. The second kappa shape index (κ2) is 11.1. The standard InChI is InChI=1S/C27H31N3O4/c31-24-12-11-21-22(24)8-4-9-23(21)27(34)30-17-5-15-28-25(32)13-10-20(14-16-29-26(33)18-30)19-6-2-1-3-7-19/h1-4,6-9,20H,5,10-18H2,(H,28,32)(H,29,33). The average molecular weight is 462 g/mol. The summed E-state index contributed by atoms with van der Waals surface area (Å²) < 4.78 is 0. The van der Waals surface area contributed by atoms with Crippen LogP contribution < -0.4 is 10.6 Å². The van der Waals surface area contributed by atoms with Gasteiger partial charge in [-0.05, 0) is 48.8 Å². The fourth-order valence-electron chi connectivity index (χ4n) is 4.82. The van der Waals surface area contributed by atoms with Gasteiger partial charge in [-0.15, -0.1) is 0 Å². The lowest BCUT2D eigenvalue weighted by atomic mass is 9.91. The van der Waals surface area contributed by atoms with Gasteiger partial charge < -0.3 is 15.5 Å². The first-order valence-corrected chi connectivity index (χ1v) is 12.1. The highest BCUT2D eigenvalue weighted by Crippen LogP contribution is 2.27. The molecule has 34 heavy (non-hydrogen) atoms. The molecule has 1 heterocycles. The molecule has 0 saturated carbocycles. The zero-order chi connectivity index (χ0) is 23.9. The molecule has 4 rings (SSSR count). The zero-order valence-corrected chi connectivity index (χ0v) is 19.3. The number of nitrogens with one attached hydrogen (secondary N) is 2. The molecule has 0 aromatic heterocycles. The molecule has 1 saturated heterocycles. The molecule has 1 aliphatic heterocycles. The first kappa shape index (κ1) is 23.7. The van der Waals surface area contributed by atoms with Crippen molar-refractivity contribution in [3.05, 3.63) is 70.8 Å². The van der Waals surface area contributed by atoms with E-state index in [9.17, 15) is 19.2 Å². The van der Waals surface area contributed by atoms with Crippen LogP contribution in [0.3, 0.4) is 0 Å². The number of carbonyl (C=O) groups is 4. The van der Waals surface area contributed by atoms with Gasteiger partial charge in [0.05, 0.1) is 6.54 Å². The van der Waals surface area contributed by atoms with E-state index in [-0.39, 0.29) is 36.0 Å². The number of fused-ring (bicyclic) bond motifs is 1. The molecule has 7 nitrogen and oxygen atoms in total. The molecule has 2 N–H and O–H groups in total. The van der Waals surface area contributed by atoms with Crippen molar-refractivity contribution in [2.24, 2.45) is 0 Å². The largest absolute Gasteiger partial charge is 0.356 e. The monoisotopic (exact) mass is 461 g/mol. The highest BCUT2D eigenvalue weighted by molar-refractivity contribution is 6.06. The fourth-order valence-corrected chi connectivity index (χ4v) is 4.82. The predicted molar refractivity (Wildman–Crippen MR) is 129 cm³/mol. The number of ketones is 1. The topological polar surface area (TPSA) is 95.6 Å². The first-order chi connectivity index (χ1) is 16.5. The van der Waals surface area contributed by atoms with Crippen LogP contribution in [-0.2, 0) is 16.0 Å². The Balaban J connectivity index is 1.48. The van der Waals surface area contributed by atoms with Gasteiger partial charge >= 0.3 is 0 Å². The van der Waals surface area contributed by atoms with Crippen LogP contribution in [0.2, 0.25) is 0 Å². The Labute approximate surface area is 199 Å². The van der Waals surface area contributed by atoms with Crippen molar-refractivity contribution in [3.63, 3.8) is 0 Å². The molecule has 2 aromatic rings. The van der Waals surface area contributed by atoms with Crippen molar-refractivity contribution in [3.8, 4) is 0 Å². The number of Topliss-reactive ketones (excluding diaryl/α,β-unsaturated/α-hetero) is 1. The van der Waals surface area contributed by atoms with E-state index in [0.29, 0.717) is 69.3 Å². The van der Waals surface area contributed by atoms with Crippen molar-refractivity contribution in [2.75, 3.05) is 26.2 Å². The summed E-state index contributed by atoms with van der Waals surface area (Å²) >= 11 is 0. The Kier molecular flexibility index (Phi) is 7.72. The maximum absolute atomic E-state index is 13.4. The molecule has 0 bridgehead atoms. The molecule has 0 radical (unpaired) electrons. The Morgan fingerprint density at radius 1 is 0.824 bits per heavy atom. The van der Waals surface area contributed by atoms with E-state index < -0.39 is 0 Å². The van der Waals surface area contributed by atoms with Gasteiger partial charge in [0, 0.05) is 43.6 Å². The number of benzene rings is 2. The summed E-state index contributed by atoms with van der Waals surface area (Å²) in [6.07, 6.45) is 3.35. The molecule has 1 atom stereocenters. The van der Waals surface area contributed by atoms with Crippen LogP contribution in [0.25, 0.3) is 0 Å². The number of rotatable bonds is 2. The van der Waals surface area contributed by atoms with Crippen molar-refractivity contribution >= 4 is 23.5 Å². The molecule has 7 heteroatoms. The Bertz CT molecular complexity index is 1070. The Morgan fingerprint density at radius 3 is 2.44 bits per heavy atom. The van der Waals surface area contributed by atoms with Crippen molar-refractivity contribution in [1.82, 2.24) is 15.5 Å². The molecular formula is C27H31N3O4. The molecular weight excluding hydrogens is 430 g/mol. The summed E-state index contributed by atoms with van der Waals surface area (Å²) in [5.74, 6) is -0.233. The van der Waals surface area contributed by atoms with Crippen LogP contribution in [-0.4, -0.2) is 54.6 Å². The second-order valence-electron chi connectivity index (χ2n) is 8.97. The molecule has 3 amide bonds. The lowest BCUT2D eigenvalue weighted by Gasteiger charge is -2.24. The summed E-state index contributed by atoms with van der Waals surface area (Å²) in [5.41, 5.74) is 3.03. The normalized spacial score (nSPS) is 20.2. The minimum Gasteiger partial charge on any atom is -0.356 e. The molecule has 2 aliphatic rings. The maximum atomic E-state index is 13.4. The number of nitrogens with zero attached hydrogens (tertiary/aromatic N) is 1. The van der Waals surface area contributed by atoms with Crippen LogP contribution in [0.4, 0.5) is 0 Å². The van der Waals surface area contributed by atoms with Crippen molar-refractivity contribution in [1.29, 1.82) is 0 Å². The smallest absolute Gasteiger partial charge is 0.254 e. The fraction of sp³-hybridized carbons (Fsp3) is 0.407. The van der Waals surface area contributed by atoms with Crippen LogP contribution in [0.15, 0.2) is 48.5 Å². The summed E-state index contributed by atoms with van der Waals surface area (Å²) in [6, 6.07) is 15.3. The van der Waals surface area contributed by atoms with Gasteiger partial charge in [-0.3, -0.25) is 19.2 Å². The van der Waals surface area contributed by atoms with E-state index in [4.69, 9.17) is 0 Å². The summed E-state index contributed by atoms with van der Waals surface area (Å²) in [4.78, 5) is 52.2. The zero-order valence-electron chi connectivity index (χ0n) is 19.3. The third kappa shape index (κ3) is 5.71. The average Bonchev–Trinajstić information content (AvgIpc) is 3.23. The van der Waals surface area contributed by atoms with E-state index >= 15 is 0 Å². The van der Waals surface area contributed by atoms with E-state index in [0.717, 1.165) is 11.1 Å². The number of hydrogen-bond donors (Lipinski definition) is 2. The molecule has 2 aromatic carbocycles. The van der Waals surface area contributed by atoms with E-state index in [1.807, 2.05) is 18.2 Å². The van der Waals surface area contributed by atoms with E-state index in [2.05, 4.69) is 22.8 Å². The maximum Gasteiger partial charge on any atom is 0.254 e. The van der Waals surface area contributed by atoms with Crippen LogP contribution >= 0.6 is 0 Å². The van der Waals surface area contributed by atoms with Gasteiger partial charge in [0.15, 0.2) is 5.78 Å². The lowest BCUT2D eigenvalue weighted by Crippen LogP contribution is -2.43. The quantitative estimate of drug-likeness (QED) is 0.719. The van der Waals surface area contributed by atoms with Gasteiger partial charge in [0.2, 0.25) is 11.8 Å². The van der Waals surface area contributed by atoms with Crippen molar-refractivity contribution < 1.29 is 19.2 Å². The molecule has 1 aliphatic carbocycles. The van der Waals surface area contributed by atoms with Gasteiger partial charge in [0.1, 0.15) is 0 Å². The number of carbonyl (C=O) groups excluding carboxylic acids is 4. The Hall–Kier alpha value is -3.48. The van der Waals surface area contributed by atoms with Crippen molar-refractivity contribution in [2.45, 2.75) is 44.4 Å². The molecule has 178 valence electrons. The summed E-state index contributed by atoms with van der Waals surface area (Å²) in [6.45, 7) is 1.19. The SMILES string of the molecule is O=C1CCC(c2ccccc2)CCNC(=O)CN(C(=O)c2cccc3c2CCC3=O)CCCN1. The van der Waals surface area contributed by atoms with Crippen LogP contribution in [0.5, 0.6) is 0 Å². The van der Waals surface area contributed by atoms with Crippen LogP contribution in [0.1, 0.15) is 69.9 Å². The van der Waals surface area contributed by atoms with Gasteiger partial charge in [0.25, 0.3) is 5.91 Å². The lowest BCUT2D eigenvalue weighted by molar-refractivity contribution is -0.123. The van der Waals surface area contributed by atoms with Gasteiger partial charge in [-0.25, -0.2) is 0 Å². The number of hydrogen-bond acceptors (Lipinski definition) is 4.